The molecule has 0 aliphatic heterocycles. The van der Waals surface area contributed by atoms with E-state index in [1.54, 1.807) is 6.07 Å². The molecule has 0 spiro atoms. The summed E-state index contributed by atoms with van der Waals surface area (Å²) in [5.74, 6) is 1.35. The predicted molar refractivity (Wildman–Crippen MR) is 81.0 cm³/mol. The number of hydrogen-bond acceptors (Lipinski definition) is 5. The summed E-state index contributed by atoms with van der Waals surface area (Å²) in [5.41, 5.74) is 7.01. The molecule has 104 valence electrons. The van der Waals surface area contributed by atoms with Crippen LogP contribution in [0.3, 0.4) is 0 Å². The maximum Gasteiger partial charge on any atom is 0.220 e. The van der Waals surface area contributed by atoms with E-state index < -0.39 is 0 Å². The number of nitrogens with two attached hydrogens (primary N) is 1. The van der Waals surface area contributed by atoms with Crippen molar-refractivity contribution in [2.24, 2.45) is 5.73 Å². The van der Waals surface area contributed by atoms with Gasteiger partial charge in [-0.15, -0.1) is 0 Å². The van der Waals surface area contributed by atoms with Crippen LogP contribution in [0.1, 0.15) is 0 Å². The largest absolute Gasteiger partial charge is 0.481 e. The van der Waals surface area contributed by atoms with E-state index in [0.29, 0.717) is 17.6 Å². The highest BCUT2D eigenvalue weighted by molar-refractivity contribution is 7.80. The summed E-state index contributed by atoms with van der Waals surface area (Å²) in [6.45, 7) is 0. The molecule has 0 atom stereocenters. The van der Waals surface area contributed by atoms with E-state index in [9.17, 15) is 0 Å². The van der Waals surface area contributed by atoms with Crippen LogP contribution in [0.2, 0.25) is 0 Å². The van der Waals surface area contributed by atoms with E-state index in [0.717, 1.165) is 11.3 Å². The van der Waals surface area contributed by atoms with E-state index in [4.69, 9.17) is 27.4 Å². The second-order valence-corrected chi connectivity index (χ2v) is 4.29. The fourth-order valence-electron chi connectivity index (χ4n) is 1.62. The fourth-order valence-corrected chi connectivity index (χ4v) is 1.74. The third kappa shape index (κ3) is 3.33. The Kier molecular flexibility index (Phi) is 4.31. The molecule has 0 fully saturated rings. The number of rotatable bonds is 4. The summed E-state index contributed by atoms with van der Waals surface area (Å²) in [7, 11) is 3.08. The Labute approximate surface area is 121 Å². The van der Waals surface area contributed by atoms with Crippen molar-refractivity contribution in [3.05, 3.63) is 30.3 Å². The summed E-state index contributed by atoms with van der Waals surface area (Å²) >= 11 is 4.81. The van der Waals surface area contributed by atoms with E-state index >= 15 is 0 Å². The van der Waals surface area contributed by atoms with Crippen molar-refractivity contribution in [3.63, 3.8) is 0 Å². The number of nitrogens with zero attached hydrogens (tertiary/aromatic N) is 2. The Bertz CT molecular complexity index is 611. The van der Waals surface area contributed by atoms with Crippen molar-refractivity contribution in [2.45, 2.75) is 0 Å². The van der Waals surface area contributed by atoms with Crippen LogP contribution in [-0.2, 0) is 0 Å². The van der Waals surface area contributed by atoms with Gasteiger partial charge in [-0.1, -0.05) is 12.1 Å². The van der Waals surface area contributed by atoms with Gasteiger partial charge in [-0.05, 0) is 24.4 Å². The highest BCUT2D eigenvalue weighted by Gasteiger charge is 2.08. The number of methoxy groups -OCH3 is 2. The molecule has 2 rings (SSSR count). The molecule has 0 unspecified atom stereocenters. The number of benzene rings is 1. The van der Waals surface area contributed by atoms with Crippen LogP contribution < -0.4 is 20.5 Å². The lowest BCUT2D eigenvalue weighted by atomic mass is 10.2. The zero-order chi connectivity index (χ0) is 14.5. The number of aromatic nitrogens is 2. The third-order valence-corrected chi connectivity index (χ3v) is 2.59. The Morgan fingerprint density at radius 1 is 1.15 bits per heavy atom. The summed E-state index contributed by atoms with van der Waals surface area (Å²) in [6, 6.07) is 9.03. The molecule has 0 saturated carbocycles. The van der Waals surface area contributed by atoms with Gasteiger partial charge in [-0.2, -0.15) is 9.97 Å². The second kappa shape index (κ2) is 6.16. The van der Waals surface area contributed by atoms with Crippen molar-refractivity contribution < 1.29 is 9.47 Å². The Hall–Kier alpha value is -2.41. The molecule has 6 nitrogen and oxygen atoms in total. The first-order chi connectivity index (χ1) is 9.62. The van der Waals surface area contributed by atoms with Crippen LogP contribution >= 0.6 is 12.2 Å². The molecule has 0 bridgehead atoms. The van der Waals surface area contributed by atoms with Crippen LogP contribution in [-0.4, -0.2) is 29.3 Å². The van der Waals surface area contributed by atoms with Gasteiger partial charge in [0.05, 0.1) is 20.3 Å². The van der Waals surface area contributed by atoms with Gasteiger partial charge in [0, 0.05) is 11.3 Å². The maximum absolute atomic E-state index is 5.45. The van der Waals surface area contributed by atoms with Gasteiger partial charge in [-0.25, -0.2) is 0 Å². The number of ether oxygens (including phenoxy) is 2. The lowest BCUT2D eigenvalue weighted by Crippen LogP contribution is -2.18. The molecule has 1 aromatic carbocycles. The van der Waals surface area contributed by atoms with Gasteiger partial charge in [0.2, 0.25) is 11.8 Å². The summed E-state index contributed by atoms with van der Waals surface area (Å²) in [5, 5.41) is 3.06. The lowest BCUT2D eigenvalue weighted by molar-refractivity contribution is 0.372. The number of thiocarbonyl (C=S) groups is 1. The molecular formula is C13H14N4O2S. The minimum absolute atomic E-state index is 0.200. The quantitative estimate of drug-likeness (QED) is 0.831. The number of hydrogen-bond donors (Lipinski definition) is 2. The summed E-state index contributed by atoms with van der Waals surface area (Å²) < 4.78 is 10.3. The molecular weight excluding hydrogens is 276 g/mol. The van der Waals surface area contributed by atoms with E-state index in [1.807, 2.05) is 24.3 Å². The van der Waals surface area contributed by atoms with Crippen molar-refractivity contribution >= 4 is 23.0 Å². The molecule has 2 aromatic rings. The van der Waals surface area contributed by atoms with Crippen molar-refractivity contribution in [3.8, 4) is 23.1 Å². The minimum atomic E-state index is 0.200. The van der Waals surface area contributed by atoms with Crippen LogP contribution in [0.4, 0.5) is 5.69 Å². The average molecular weight is 290 g/mol. The highest BCUT2D eigenvalue weighted by atomic mass is 32.1. The van der Waals surface area contributed by atoms with Crippen LogP contribution in [0.25, 0.3) is 11.4 Å². The zero-order valence-corrected chi connectivity index (χ0v) is 11.9. The molecule has 20 heavy (non-hydrogen) atoms. The van der Waals surface area contributed by atoms with Crippen LogP contribution in [0.5, 0.6) is 11.8 Å². The highest BCUT2D eigenvalue weighted by Crippen LogP contribution is 2.24. The Morgan fingerprint density at radius 3 is 2.35 bits per heavy atom. The Balaban J connectivity index is 2.42. The first-order valence-corrected chi connectivity index (χ1v) is 6.17. The third-order valence-electron chi connectivity index (χ3n) is 2.49. The first-order valence-electron chi connectivity index (χ1n) is 5.76. The van der Waals surface area contributed by atoms with Gasteiger partial charge in [0.25, 0.3) is 0 Å². The molecule has 0 saturated heterocycles. The molecule has 0 radical (unpaired) electrons. The number of nitrogens with one attached hydrogen (secondary N) is 1. The Morgan fingerprint density at radius 2 is 1.80 bits per heavy atom. The van der Waals surface area contributed by atoms with E-state index in [1.165, 1.54) is 14.2 Å². The standard InChI is InChI=1S/C13H14N4O2S/c1-18-10-7-11(19-2)17-12(16-10)8-4-3-5-9(6-8)15-13(14)20/h3-7H,1-2H3,(H3,14,15,20). The van der Waals surface area contributed by atoms with Crippen molar-refractivity contribution in [1.29, 1.82) is 0 Å². The smallest absolute Gasteiger partial charge is 0.220 e. The van der Waals surface area contributed by atoms with Gasteiger partial charge in [-0.3, -0.25) is 0 Å². The zero-order valence-electron chi connectivity index (χ0n) is 11.1. The molecule has 0 aliphatic rings. The molecule has 7 heteroatoms. The minimum Gasteiger partial charge on any atom is -0.481 e. The molecule has 0 amide bonds. The van der Waals surface area contributed by atoms with Crippen molar-refractivity contribution in [2.75, 3.05) is 19.5 Å². The molecule has 0 aliphatic carbocycles. The predicted octanol–water partition coefficient (Wildman–Crippen LogP) is 1.82. The van der Waals surface area contributed by atoms with Gasteiger partial charge < -0.3 is 20.5 Å². The summed E-state index contributed by atoms with van der Waals surface area (Å²) in [4.78, 5) is 8.57. The van der Waals surface area contributed by atoms with Gasteiger partial charge in [0.15, 0.2) is 10.9 Å². The first kappa shape index (κ1) is 14.0. The maximum atomic E-state index is 5.45. The summed E-state index contributed by atoms with van der Waals surface area (Å²) in [6.07, 6.45) is 0. The van der Waals surface area contributed by atoms with Gasteiger partial charge >= 0.3 is 0 Å². The van der Waals surface area contributed by atoms with E-state index in [-0.39, 0.29) is 5.11 Å². The molecule has 3 N–H and O–H groups in total. The lowest BCUT2D eigenvalue weighted by Gasteiger charge is -2.08. The SMILES string of the molecule is COc1cc(OC)nc(-c2cccc(NC(N)=S)c2)n1. The van der Waals surface area contributed by atoms with Crippen LogP contribution in [0, 0.1) is 0 Å². The molecule has 1 heterocycles. The van der Waals surface area contributed by atoms with E-state index in [2.05, 4.69) is 15.3 Å². The molecule has 1 aromatic heterocycles. The monoisotopic (exact) mass is 290 g/mol. The fraction of sp³-hybridized carbons (Fsp3) is 0.154. The average Bonchev–Trinajstić information content (AvgIpc) is 2.46. The van der Waals surface area contributed by atoms with Gasteiger partial charge in [0.1, 0.15) is 0 Å². The number of anilines is 1. The second-order valence-electron chi connectivity index (χ2n) is 3.85. The topological polar surface area (TPSA) is 82.3 Å². The van der Waals surface area contributed by atoms with Crippen molar-refractivity contribution in [1.82, 2.24) is 9.97 Å². The van der Waals surface area contributed by atoms with Crippen LogP contribution in [0.15, 0.2) is 30.3 Å². The normalized spacial score (nSPS) is 9.90.